The summed E-state index contributed by atoms with van der Waals surface area (Å²) in [4.78, 5) is 2.36. The van der Waals surface area contributed by atoms with Crippen molar-refractivity contribution in [2.45, 2.75) is 19.0 Å². The Balaban J connectivity index is 1.38. The lowest BCUT2D eigenvalue weighted by Crippen LogP contribution is -2.30. The molecule has 0 amide bonds. The van der Waals surface area contributed by atoms with Gasteiger partial charge in [0.05, 0.1) is 5.56 Å². The van der Waals surface area contributed by atoms with Crippen molar-refractivity contribution >= 4 is 27.0 Å². The summed E-state index contributed by atoms with van der Waals surface area (Å²) in [7, 11) is 0. The van der Waals surface area contributed by atoms with Gasteiger partial charge in [0.25, 0.3) is 0 Å². The van der Waals surface area contributed by atoms with E-state index < -0.39 is 11.7 Å². The maximum Gasteiger partial charge on any atom is 0.416 e. The van der Waals surface area contributed by atoms with Crippen LogP contribution in [0, 0.1) is 0 Å². The zero-order valence-corrected chi connectivity index (χ0v) is 15.6. The minimum Gasteiger partial charge on any atom is -0.299 e. The Labute approximate surface area is 160 Å². The topological polar surface area (TPSA) is 3.24 Å². The molecule has 0 bridgehead atoms. The Kier molecular flexibility index (Phi) is 5.06. The third-order valence-electron chi connectivity index (χ3n) is 5.09. The van der Waals surface area contributed by atoms with Gasteiger partial charge in [0.1, 0.15) is 0 Å². The molecular weight excluding hydrogens is 367 g/mol. The van der Waals surface area contributed by atoms with Gasteiger partial charge >= 0.3 is 6.18 Å². The van der Waals surface area contributed by atoms with Gasteiger partial charge in [-0.1, -0.05) is 30.3 Å². The number of benzene rings is 2. The number of thiophene rings is 1. The fraction of sp³-hybridized carbons (Fsp3) is 0.273. The van der Waals surface area contributed by atoms with Gasteiger partial charge < -0.3 is 0 Å². The Morgan fingerprint density at radius 2 is 1.93 bits per heavy atom. The fourth-order valence-corrected chi connectivity index (χ4v) is 4.30. The van der Waals surface area contributed by atoms with Gasteiger partial charge in [-0.25, -0.2) is 0 Å². The Bertz CT molecular complexity index is 971. The lowest BCUT2D eigenvalue weighted by molar-refractivity contribution is -0.137. The van der Waals surface area contributed by atoms with Crippen LogP contribution in [0.2, 0.25) is 0 Å². The van der Waals surface area contributed by atoms with Crippen molar-refractivity contribution in [1.29, 1.82) is 0 Å². The second-order valence-corrected chi connectivity index (χ2v) is 7.85. The molecule has 2 heterocycles. The van der Waals surface area contributed by atoms with Gasteiger partial charge in [-0.05, 0) is 64.6 Å². The summed E-state index contributed by atoms with van der Waals surface area (Å²) in [6, 6.07) is 14.4. The molecule has 0 aliphatic carbocycles. The Hall–Kier alpha value is -2.11. The molecule has 1 aliphatic rings. The van der Waals surface area contributed by atoms with E-state index in [4.69, 9.17) is 0 Å². The molecule has 27 heavy (non-hydrogen) atoms. The van der Waals surface area contributed by atoms with E-state index in [1.54, 1.807) is 17.4 Å². The monoisotopic (exact) mass is 387 g/mol. The molecule has 1 aromatic heterocycles. The summed E-state index contributed by atoms with van der Waals surface area (Å²) in [5.41, 5.74) is 2.45. The molecule has 0 radical (unpaired) electrons. The van der Waals surface area contributed by atoms with E-state index in [0.717, 1.165) is 44.1 Å². The minimum atomic E-state index is -4.29. The van der Waals surface area contributed by atoms with Crippen LogP contribution in [-0.2, 0) is 12.6 Å². The molecule has 0 fully saturated rings. The SMILES string of the molecule is FC(F)(F)c1cccc(C2=CCN(CCc3ccc4sccc4c3)CC2)c1. The molecule has 0 saturated heterocycles. The van der Waals surface area contributed by atoms with Gasteiger partial charge in [-0.15, -0.1) is 11.3 Å². The molecule has 140 valence electrons. The highest BCUT2D eigenvalue weighted by Gasteiger charge is 2.30. The number of alkyl halides is 3. The molecule has 0 unspecified atom stereocenters. The smallest absolute Gasteiger partial charge is 0.299 e. The third-order valence-corrected chi connectivity index (χ3v) is 5.99. The van der Waals surface area contributed by atoms with E-state index >= 15 is 0 Å². The summed E-state index contributed by atoms with van der Waals surface area (Å²) in [6.07, 6.45) is -0.453. The molecule has 1 aliphatic heterocycles. The first-order valence-electron chi connectivity index (χ1n) is 9.04. The lowest BCUT2D eigenvalue weighted by atomic mass is 9.97. The first-order chi connectivity index (χ1) is 13.0. The average molecular weight is 387 g/mol. The Morgan fingerprint density at radius 1 is 1.04 bits per heavy atom. The van der Waals surface area contributed by atoms with Gasteiger partial charge in [0.15, 0.2) is 0 Å². The highest BCUT2D eigenvalue weighted by Crippen LogP contribution is 2.32. The minimum absolute atomic E-state index is 0.577. The van der Waals surface area contributed by atoms with Crippen molar-refractivity contribution in [3.8, 4) is 0 Å². The van der Waals surface area contributed by atoms with Crippen LogP contribution in [0.1, 0.15) is 23.1 Å². The summed E-state index contributed by atoms with van der Waals surface area (Å²) < 4.78 is 40.0. The molecule has 0 spiro atoms. The number of nitrogens with zero attached hydrogens (tertiary/aromatic N) is 1. The number of fused-ring (bicyclic) bond motifs is 1. The molecule has 0 atom stereocenters. The maximum absolute atomic E-state index is 12.9. The van der Waals surface area contributed by atoms with Crippen molar-refractivity contribution < 1.29 is 13.2 Å². The van der Waals surface area contributed by atoms with E-state index in [-0.39, 0.29) is 0 Å². The van der Waals surface area contributed by atoms with Gasteiger partial charge in [-0.3, -0.25) is 4.90 Å². The summed E-state index contributed by atoms with van der Waals surface area (Å²) >= 11 is 1.75. The van der Waals surface area contributed by atoms with Crippen LogP contribution >= 0.6 is 11.3 Å². The second kappa shape index (κ2) is 7.49. The molecule has 5 heteroatoms. The van der Waals surface area contributed by atoms with E-state index in [1.807, 2.05) is 0 Å². The van der Waals surface area contributed by atoms with Crippen molar-refractivity contribution in [3.05, 3.63) is 76.7 Å². The maximum atomic E-state index is 12.9. The van der Waals surface area contributed by atoms with Crippen LogP contribution in [0.25, 0.3) is 15.7 Å². The molecular formula is C22H20F3NS. The van der Waals surface area contributed by atoms with Crippen LogP contribution in [0.15, 0.2) is 60.0 Å². The van der Waals surface area contributed by atoms with E-state index in [2.05, 4.69) is 40.6 Å². The van der Waals surface area contributed by atoms with Crippen molar-refractivity contribution in [1.82, 2.24) is 4.90 Å². The van der Waals surface area contributed by atoms with Crippen LogP contribution in [-0.4, -0.2) is 24.5 Å². The zero-order valence-electron chi connectivity index (χ0n) is 14.8. The average Bonchev–Trinajstić information content (AvgIpc) is 3.14. The molecule has 1 nitrogen and oxygen atoms in total. The van der Waals surface area contributed by atoms with E-state index in [0.29, 0.717) is 5.56 Å². The van der Waals surface area contributed by atoms with Crippen molar-refractivity contribution in [2.75, 3.05) is 19.6 Å². The predicted molar refractivity (Wildman–Crippen MR) is 106 cm³/mol. The standard InChI is InChI=1S/C22H20F3NS/c23-22(24,25)20-3-1-2-18(15-20)17-7-11-26(12-8-17)10-6-16-4-5-21-19(14-16)9-13-27-21/h1-5,7,9,13-15H,6,8,10-12H2. The fourth-order valence-electron chi connectivity index (χ4n) is 3.53. The van der Waals surface area contributed by atoms with Crippen LogP contribution in [0.5, 0.6) is 0 Å². The third kappa shape index (κ3) is 4.25. The summed E-state index contributed by atoms with van der Waals surface area (Å²) in [5.74, 6) is 0. The number of halogens is 3. The zero-order chi connectivity index (χ0) is 18.9. The normalized spacial score (nSPS) is 15.9. The van der Waals surface area contributed by atoms with Crippen molar-refractivity contribution in [2.24, 2.45) is 0 Å². The van der Waals surface area contributed by atoms with Crippen molar-refractivity contribution in [3.63, 3.8) is 0 Å². The van der Waals surface area contributed by atoms with Gasteiger partial charge in [-0.2, -0.15) is 13.2 Å². The number of hydrogen-bond donors (Lipinski definition) is 0. The predicted octanol–water partition coefficient (Wildman–Crippen LogP) is 6.25. The lowest BCUT2D eigenvalue weighted by Gasteiger charge is -2.26. The highest BCUT2D eigenvalue weighted by atomic mass is 32.1. The van der Waals surface area contributed by atoms with E-state index in [1.165, 1.54) is 27.8 Å². The molecule has 0 saturated carbocycles. The number of rotatable bonds is 4. The van der Waals surface area contributed by atoms with Crippen LogP contribution < -0.4 is 0 Å². The molecule has 2 aromatic carbocycles. The van der Waals surface area contributed by atoms with Crippen LogP contribution in [0.3, 0.4) is 0 Å². The quantitative estimate of drug-likeness (QED) is 0.511. The highest BCUT2D eigenvalue weighted by molar-refractivity contribution is 7.17. The van der Waals surface area contributed by atoms with E-state index in [9.17, 15) is 13.2 Å². The van der Waals surface area contributed by atoms with Gasteiger partial charge in [0, 0.05) is 24.3 Å². The molecule has 4 rings (SSSR count). The van der Waals surface area contributed by atoms with Gasteiger partial charge in [0.2, 0.25) is 0 Å². The van der Waals surface area contributed by atoms with Crippen LogP contribution in [0.4, 0.5) is 13.2 Å². The summed E-state index contributed by atoms with van der Waals surface area (Å²) in [5, 5.41) is 3.40. The molecule has 3 aromatic rings. The first kappa shape index (κ1) is 18.3. The first-order valence-corrected chi connectivity index (χ1v) is 9.92. The number of hydrogen-bond acceptors (Lipinski definition) is 2. The Morgan fingerprint density at radius 3 is 2.70 bits per heavy atom. The largest absolute Gasteiger partial charge is 0.416 e. The molecule has 0 N–H and O–H groups in total. The second-order valence-electron chi connectivity index (χ2n) is 6.90. The summed E-state index contributed by atoms with van der Waals surface area (Å²) in [6.45, 7) is 2.62.